The number of amides is 1. The number of carbonyl (C=O) groups is 1. The Bertz CT molecular complexity index is 956. The molecule has 1 aromatic heterocycles. The van der Waals surface area contributed by atoms with Crippen LogP contribution in [-0.2, 0) is 16.1 Å². The van der Waals surface area contributed by atoms with Gasteiger partial charge in [-0.1, -0.05) is 42.4 Å². The predicted molar refractivity (Wildman–Crippen MR) is 112 cm³/mol. The highest BCUT2D eigenvalue weighted by Gasteiger charge is 2.05. The number of hydrogen-bond donors (Lipinski definition) is 2. The quantitative estimate of drug-likeness (QED) is 0.347. The number of aromatic nitrogens is 1. The third-order valence-electron chi connectivity index (χ3n) is 4.00. The van der Waals surface area contributed by atoms with Crippen LogP contribution in [-0.4, -0.2) is 23.3 Å². The number of amidine groups is 1. The fourth-order valence-electron chi connectivity index (χ4n) is 2.44. The molecule has 0 aliphatic rings. The number of rotatable bonds is 8. The van der Waals surface area contributed by atoms with Crippen molar-refractivity contribution in [2.75, 3.05) is 11.9 Å². The van der Waals surface area contributed by atoms with Gasteiger partial charge in [-0.15, -0.1) is 0 Å². The van der Waals surface area contributed by atoms with E-state index < -0.39 is 0 Å². The molecule has 1 amide bonds. The van der Waals surface area contributed by atoms with Crippen LogP contribution in [0.5, 0.6) is 11.6 Å². The second-order valence-corrected chi connectivity index (χ2v) is 6.15. The monoisotopic (exact) mass is 390 g/mol. The number of nitrogens with zero attached hydrogens (tertiary/aromatic N) is 2. The lowest BCUT2D eigenvalue weighted by Crippen LogP contribution is -2.19. The second-order valence-electron chi connectivity index (χ2n) is 6.15. The maximum Gasteiger partial charge on any atom is 0.265 e. The molecular weight excluding hydrogens is 368 g/mol. The van der Waals surface area contributed by atoms with E-state index in [9.17, 15) is 4.79 Å². The minimum Gasteiger partial charge on any atom is -0.439 e. The van der Waals surface area contributed by atoms with Crippen LogP contribution in [0.2, 0.25) is 0 Å². The van der Waals surface area contributed by atoms with E-state index in [4.69, 9.17) is 15.3 Å². The van der Waals surface area contributed by atoms with Crippen molar-refractivity contribution in [3.8, 4) is 11.6 Å². The molecule has 29 heavy (non-hydrogen) atoms. The van der Waals surface area contributed by atoms with Gasteiger partial charge in [-0.25, -0.2) is 4.98 Å². The first-order chi connectivity index (χ1) is 14.1. The lowest BCUT2D eigenvalue weighted by Gasteiger charge is -2.06. The molecule has 0 saturated carbocycles. The van der Waals surface area contributed by atoms with E-state index in [0.717, 1.165) is 6.42 Å². The summed E-state index contributed by atoms with van der Waals surface area (Å²) in [6.07, 6.45) is 2.47. The van der Waals surface area contributed by atoms with Gasteiger partial charge >= 0.3 is 0 Å². The molecule has 148 valence electrons. The summed E-state index contributed by atoms with van der Waals surface area (Å²) in [5, 5.41) is 6.50. The Morgan fingerprint density at radius 2 is 1.83 bits per heavy atom. The molecule has 0 atom stereocenters. The first kappa shape index (κ1) is 19.9. The molecule has 1 heterocycles. The molecule has 7 heteroatoms. The molecule has 0 saturated heterocycles. The number of aryl methyl sites for hydroxylation is 1. The summed E-state index contributed by atoms with van der Waals surface area (Å²) in [6, 6.07) is 20.3. The van der Waals surface area contributed by atoms with E-state index in [2.05, 4.69) is 22.4 Å². The molecule has 0 radical (unpaired) electrons. The van der Waals surface area contributed by atoms with Crippen molar-refractivity contribution < 1.29 is 14.4 Å². The lowest BCUT2D eigenvalue weighted by atomic mass is 10.1. The van der Waals surface area contributed by atoms with Crippen molar-refractivity contribution in [2.45, 2.75) is 13.3 Å². The first-order valence-electron chi connectivity index (χ1n) is 9.17. The number of benzene rings is 2. The van der Waals surface area contributed by atoms with E-state index in [1.54, 1.807) is 12.1 Å². The van der Waals surface area contributed by atoms with E-state index in [0.29, 0.717) is 22.9 Å². The van der Waals surface area contributed by atoms with Crippen LogP contribution in [0.3, 0.4) is 0 Å². The smallest absolute Gasteiger partial charge is 0.265 e. The number of carbonyl (C=O) groups excluding carboxylic acids is 1. The van der Waals surface area contributed by atoms with Gasteiger partial charge in [0.1, 0.15) is 5.75 Å². The number of oxime groups is 1. The molecule has 2 aromatic carbocycles. The topological polar surface area (TPSA) is 98.8 Å². The van der Waals surface area contributed by atoms with E-state index >= 15 is 0 Å². The summed E-state index contributed by atoms with van der Waals surface area (Å²) in [4.78, 5) is 21.2. The normalized spacial score (nSPS) is 11.0. The van der Waals surface area contributed by atoms with Crippen LogP contribution in [0.1, 0.15) is 18.1 Å². The van der Waals surface area contributed by atoms with Gasteiger partial charge in [0.25, 0.3) is 5.91 Å². The van der Waals surface area contributed by atoms with Crippen molar-refractivity contribution in [3.05, 3.63) is 84.1 Å². The molecule has 0 bridgehead atoms. The van der Waals surface area contributed by atoms with Crippen molar-refractivity contribution in [2.24, 2.45) is 10.9 Å². The SMILES string of the molecule is CCc1ccc(NC(=O)CO/N=C(\N)c2ccc(Oc3ccccc3)nc2)cc1. The molecule has 0 aliphatic heterocycles. The van der Waals surface area contributed by atoms with Crippen molar-refractivity contribution in [1.29, 1.82) is 0 Å². The van der Waals surface area contributed by atoms with E-state index in [-0.39, 0.29) is 18.3 Å². The fourth-order valence-corrected chi connectivity index (χ4v) is 2.44. The summed E-state index contributed by atoms with van der Waals surface area (Å²) < 4.78 is 5.62. The van der Waals surface area contributed by atoms with Gasteiger partial charge in [-0.3, -0.25) is 4.79 Å². The van der Waals surface area contributed by atoms with Crippen LogP contribution in [0.15, 0.2) is 78.1 Å². The van der Waals surface area contributed by atoms with E-state index in [1.165, 1.54) is 11.8 Å². The zero-order chi connectivity index (χ0) is 20.5. The predicted octanol–water partition coefficient (Wildman–Crippen LogP) is 3.71. The number of anilines is 1. The number of nitrogens with one attached hydrogen (secondary N) is 1. The van der Waals surface area contributed by atoms with Gasteiger partial charge in [0.05, 0.1) is 0 Å². The first-order valence-corrected chi connectivity index (χ1v) is 9.17. The van der Waals surface area contributed by atoms with Crippen molar-refractivity contribution in [3.63, 3.8) is 0 Å². The molecule has 3 rings (SSSR count). The summed E-state index contributed by atoms with van der Waals surface area (Å²) in [7, 11) is 0. The van der Waals surface area contributed by atoms with Crippen LogP contribution in [0.4, 0.5) is 5.69 Å². The summed E-state index contributed by atoms with van der Waals surface area (Å²) in [5.74, 6) is 0.912. The second kappa shape index (κ2) is 9.89. The third-order valence-corrected chi connectivity index (χ3v) is 4.00. The molecular formula is C22H22N4O3. The zero-order valence-electron chi connectivity index (χ0n) is 16.0. The number of hydrogen-bond acceptors (Lipinski definition) is 5. The maximum atomic E-state index is 11.9. The van der Waals surface area contributed by atoms with Gasteiger partial charge < -0.3 is 20.6 Å². The Labute approximate surface area is 169 Å². The van der Waals surface area contributed by atoms with Gasteiger partial charge in [0.2, 0.25) is 5.88 Å². The van der Waals surface area contributed by atoms with Crippen LogP contribution >= 0.6 is 0 Å². The van der Waals surface area contributed by atoms with Crippen LogP contribution < -0.4 is 15.8 Å². The molecule has 3 aromatic rings. The Morgan fingerprint density at radius 3 is 2.48 bits per heavy atom. The Kier molecular flexibility index (Phi) is 6.78. The van der Waals surface area contributed by atoms with Crippen LogP contribution in [0, 0.1) is 0 Å². The minimum absolute atomic E-state index is 0.115. The highest BCUT2D eigenvalue weighted by Crippen LogP contribution is 2.18. The van der Waals surface area contributed by atoms with Crippen molar-refractivity contribution >= 4 is 17.4 Å². The maximum absolute atomic E-state index is 11.9. The average molecular weight is 390 g/mol. The third kappa shape index (κ3) is 6.07. The summed E-state index contributed by atoms with van der Waals surface area (Å²) in [5.41, 5.74) is 8.34. The Hall–Kier alpha value is -3.87. The lowest BCUT2D eigenvalue weighted by molar-refractivity contribution is -0.120. The zero-order valence-corrected chi connectivity index (χ0v) is 16.0. The van der Waals surface area contributed by atoms with Gasteiger partial charge in [0, 0.05) is 23.5 Å². The van der Waals surface area contributed by atoms with Crippen molar-refractivity contribution in [1.82, 2.24) is 4.98 Å². The molecule has 0 spiro atoms. The molecule has 0 fully saturated rings. The number of para-hydroxylation sites is 1. The van der Waals surface area contributed by atoms with Gasteiger partial charge in [-0.2, -0.15) is 0 Å². The number of pyridine rings is 1. The Morgan fingerprint density at radius 1 is 1.07 bits per heavy atom. The number of nitrogens with two attached hydrogens (primary N) is 1. The Balaban J connectivity index is 1.49. The molecule has 3 N–H and O–H groups in total. The van der Waals surface area contributed by atoms with Gasteiger partial charge in [-0.05, 0) is 42.3 Å². The van der Waals surface area contributed by atoms with E-state index in [1.807, 2.05) is 54.6 Å². The minimum atomic E-state index is -0.324. The number of ether oxygens (including phenoxy) is 1. The summed E-state index contributed by atoms with van der Waals surface area (Å²) >= 11 is 0. The van der Waals surface area contributed by atoms with Gasteiger partial charge in [0.15, 0.2) is 12.4 Å². The fraction of sp³-hybridized carbons (Fsp3) is 0.136. The largest absolute Gasteiger partial charge is 0.439 e. The average Bonchev–Trinajstić information content (AvgIpc) is 2.75. The standard InChI is InChI=1S/C22H22N4O3/c1-2-16-8-11-18(12-9-16)25-20(27)15-28-26-22(23)17-10-13-21(24-14-17)29-19-6-4-3-5-7-19/h3-14H,2,15H2,1H3,(H2,23,26)(H,25,27). The molecule has 0 aliphatic carbocycles. The summed E-state index contributed by atoms with van der Waals surface area (Å²) in [6.45, 7) is 1.82. The highest BCUT2D eigenvalue weighted by molar-refractivity contribution is 5.97. The molecule has 7 nitrogen and oxygen atoms in total. The highest BCUT2D eigenvalue weighted by atomic mass is 16.6. The molecule has 0 unspecified atom stereocenters. The van der Waals surface area contributed by atoms with Crippen LogP contribution in [0.25, 0.3) is 0 Å².